The zero-order chi connectivity index (χ0) is 14.7. The van der Waals surface area contributed by atoms with Crippen LogP contribution in [0.2, 0.25) is 0 Å². The highest BCUT2D eigenvalue weighted by Gasteiger charge is 2.19. The number of carbonyl (C=O) groups excluding carboxylic acids is 1. The highest BCUT2D eigenvalue weighted by atomic mass is 35.5. The first-order chi connectivity index (χ1) is 8.87. The van der Waals surface area contributed by atoms with E-state index in [0.29, 0.717) is 17.6 Å². The molecule has 0 spiro atoms. The van der Waals surface area contributed by atoms with E-state index in [-0.39, 0.29) is 5.97 Å². The number of likely N-dealkylation sites (N-methyl/N-ethyl adjacent to an activating group) is 1. The van der Waals surface area contributed by atoms with Crippen LogP contribution >= 0.6 is 11.6 Å². The van der Waals surface area contributed by atoms with Gasteiger partial charge in [0.1, 0.15) is 0 Å². The normalized spacial score (nSPS) is 12.6. The summed E-state index contributed by atoms with van der Waals surface area (Å²) >= 11 is 5.80. The van der Waals surface area contributed by atoms with E-state index in [1.54, 1.807) is 0 Å². The molecule has 3 nitrogen and oxygen atoms in total. The van der Waals surface area contributed by atoms with E-state index >= 15 is 0 Å². The maximum atomic E-state index is 11.7. The van der Waals surface area contributed by atoms with Crippen molar-refractivity contribution in [3.05, 3.63) is 11.1 Å². The Bertz CT molecular complexity index is 284. The molecule has 0 rings (SSSR count). The molecule has 0 unspecified atom stereocenters. The van der Waals surface area contributed by atoms with Gasteiger partial charge in [0, 0.05) is 5.03 Å². The van der Waals surface area contributed by atoms with E-state index in [9.17, 15) is 4.79 Å². The number of esters is 1. The van der Waals surface area contributed by atoms with E-state index in [1.807, 2.05) is 27.1 Å². The van der Waals surface area contributed by atoms with Crippen molar-refractivity contribution >= 4 is 17.6 Å². The van der Waals surface area contributed by atoms with Crippen LogP contribution in [0.5, 0.6) is 0 Å². The molecule has 0 radical (unpaired) electrons. The van der Waals surface area contributed by atoms with Gasteiger partial charge in [-0.25, -0.2) is 4.79 Å². The molecule has 0 saturated heterocycles. The first kappa shape index (κ1) is 18.5. The monoisotopic (exact) mass is 290 g/mol. The van der Waals surface area contributed by atoms with Crippen molar-refractivity contribution in [3.63, 3.8) is 0 Å². The Morgan fingerprint density at radius 1 is 1.21 bits per heavy atom. The lowest BCUT2D eigenvalue weighted by Gasteiger charge is -2.27. The third kappa shape index (κ3) is 12.2. The molecule has 0 aromatic carbocycles. The predicted octanol–water partition coefficient (Wildman–Crippen LogP) is 3.72. The molecule has 112 valence electrons. The Hall–Kier alpha value is -0.540. The number of ether oxygens (including phenoxy) is 1. The number of nitrogens with zero attached hydrogens (tertiary/aromatic N) is 1. The highest BCUT2D eigenvalue weighted by Crippen LogP contribution is 2.05. The third-order valence-corrected chi connectivity index (χ3v) is 3.09. The van der Waals surface area contributed by atoms with Crippen molar-refractivity contribution in [3.8, 4) is 0 Å². The van der Waals surface area contributed by atoms with E-state index in [4.69, 9.17) is 16.3 Å². The maximum absolute atomic E-state index is 11.7. The summed E-state index contributed by atoms with van der Waals surface area (Å²) in [5.41, 5.74) is 0. The molecule has 0 heterocycles. The summed E-state index contributed by atoms with van der Waals surface area (Å²) in [7, 11) is 4.00. The average molecular weight is 291 g/mol. The van der Waals surface area contributed by atoms with Crippen molar-refractivity contribution < 1.29 is 14.0 Å². The molecule has 0 aliphatic heterocycles. The molecule has 19 heavy (non-hydrogen) atoms. The molecule has 4 heteroatoms. The second-order valence-corrected chi connectivity index (χ2v) is 6.30. The summed E-state index contributed by atoms with van der Waals surface area (Å²) in [5, 5.41) is 0.760. The Morgan fingerprint density at radius 3 is 2.42 bits per heavy atom. The Kier molecular flexibility index (Phi) is 9.98. The van der Waals surface area contributed by atoms with Crippen LogP contribution in [0.25, 0.3) is 0 Å². The second-order valence-electron chi connectivity index (χ2n) is 5.70. The highest BCUT2D eigenvalue weighted by molar-refractivity contribution is 6.29. The van der Waals surface area contributed by atoms with Gasteiger partial charge < -0.3 is 9.22 Å². The lowest BCUT2D eigenvalue weighted by Crippen LogP contribution is -2.44. The fourth-order valence-corrected chi connectivity index (χ4v) is 1.79. The van der Waals surface area contributed by atoms with Gasteiger partial charge in [-0.05, 0) is 19.4 Å². The number of hydrogen-bond donors (Lipinski definition) is 0. The zero-order valence-electron chi connectivity index (χ0n) is 12.9. The molecular formula is C15H29ClNO2+. The Morgan fingerprint density at radius 2 is 1.84 bits per heavy atom. The van der Waals surface area contributed by atoms with Crippen LogP contribution in [-0.4, -0.2) is 44.2 Å². The molecule has 0 saturated carbocycles. The molecule has 0 N–H and O–H groups in total. The summed E-state index contributed by atoms with van der Waals surface area (Å²) in [4.78, 5) is 11.7. The lowest BCUT2D eigenvalue weighted by molar-refractivity contribution is -0.877. The van der Waals surface area contributed by atoms with Gasteiger partial charge >= 0.3 is 5.97 Å². The number of rotatable bonds is 10. The fraction of sp³-hybridized carbons (Fsp3) is 0.800. The van der Waals surface area contributed by atoms with Gasteiger partial charge in [0.25, 0.3) is 0 Å². The maximum Gasteiger partial charge on any atom is 0.361 e. The molecule has 0 aliphatic rings. The fourth-order valence-electron chi connectivity index (χ4n) is 1.72. The van der Waals surface area contributed by atoms with Crippen LogP contribution in [0.4, 0.5) is 0 Å². The van der Waals surface area contributed by atoms with Gasteiger partial charge in [-0.2, -0.15) is 0 Å². The van der Waals surface area contributed by atoms with Gasteiger partial charge in [-0.15, -0.1) is 0 Å². The molecule has 0 aromatic heterocycles. The predicted molar refractivity (Wildman–Crippen MR) is 81.2 cm³/mol. The van der Waals surface area contributed by atoms with Crippen LogP contribution in [0.1, 0.15) is 46.0 Å². The van der Waals surface area contributed by atoms with Gasteiger partial charge in [-0.3, -0.25) is 0 Å². The smallest absolute Gasteiger partial charge is 0.361 e. The Balaban J connectivity index is 3.75. The first-order valence-electron chi connectivity index (χ1n) is 7.17. The second kappa shape index (κ2) is 10.3. The number of unbranched alkanes of at least 4 members (excludes halogenated alkanes) is 4. The van der Waals surface area contributed by atoms with E-state index in [2.05, 4.69) is 6.92 Å². The quantitative estimate of drug-likeness (QED) is 0.348. The minimum Gasteiger partial charge on any atom is -0.462 e. The number of carbonyl (C=O) groups is 1. The SMILES string of the molecule is CCCCCCCOC(=O)C[N+](C)(C)CC=C(C)Cl. The van der Waals surface area contributed by atoms with Crippen LogP contribution in [0.3, 0.4) is 0 Å². The summed E-state index contributed by atoms with van der Waals surface area (Å²) in [6.07, 6.45) is 7.78. The number of hydrogen-bond acceptors (Lipinski definition) is 2. The van der Waals surface area contributed by atoms with Crippen LogP contribution in [-0.2, 0) is 9.53 Å². The van der Waals surface area contributed by atoms with Gasteiger partial charge in [0.2, 0.25) is 0 Å². The Labute approximate surface area is 123 Å². The summed E-state index contributed by atoms with van der Waals surface area (Å²) < 4.78 is 5.82. The van der Waals surface area contributed by atoms with Crippen LogP contribution in [0.15, 0.2) is 11.1 Å². The molecule has 0 aromatic rings. The summed E-state index contributed by atoms with van der Waals surface area (Å²) in [5.74, 6) is -0.124. The minimum atomic E-state index is -0.124. The third-order valence-electron chi connectivity index (χ3n) is 2.93. The average Bonchev–Trinajstić information content (AvgIpc) is 2.31. The van der Waals surface area contributed by atoms with Crippen molar-refractivity contribution in [1.29, 1.82) is 0 Å². The number of halogens is 1. The molecule has 0 amide bonds. The molecular weight excluding hydrogens is 262 g/mol. The first-order valence-corrected chi connectivity index (χ1v) is 7.55. The van der Waals surface area contributed by atoms with E-state index in [0.717, 1.165) is 24.4 Å². The minimum absolute atomic E-state index is 0.124. The number of allylic oxidation sites excluding steroid dienone is 1. The lowest BCUT2D eigenvalue weighted by atomic mass is 10.2. The van der Waals surface area contributed by atoms with Crippen molar-refractivity contribution in [2.45, 2.75) is 46.0 Å². The number of quaternary nitrogens is 1. The van der Waals surface area contributed by atoms with Crippen LogP contribution < -0.4 is 0 Å². The zero-order valence-corrected chi connectivity index (χ0v) is 13.6. The summed E-state index contributed by atoms with van der Waals surface area (Å²) in [6.45, 7) is 5.71. The topological polar surface area (TPSA) is 26.3 Å². The van der Waals surface area contributed by atoms with Gasteiger partial charge in [0.15, 0.2) is 6.54 Å². The van der Waals surface area contributed by atoms with Gasteiger partial charge in [-0.1, -0.05) is 44.2 Å². The largest absolute Gasteiger partial charge is 0.462 e. The summed E-state index contributed by atoms with van der Waals surface area (Å²) in [6, 6.07) is 0. The van der Waals surface area contributed by atoms with E-state index in [1.165, 1.54) is 19.3 Å². The van der Waals surface area contributed by atoms with E-state index < -0.39 is 0 Å². The van der Waals surface area contributed by atoms with Crippen molar-refractivity contribution in [1.82, 2.24) is 0 Å². The van der Waals surface area contributed by atoms with Crippen molar-refractivity contribution in [2.75, 3.05) is 33.8 Å². The molecule has 0 fully saturated rings. The van der Waals surface area contributed by atoms with Crippen molar-refractivity contribution in [2.24, 2.45) is 0 Å². The molecule has 0 atom stereocenters. The molecule has 0 aliphatic carbocycles. The molecule has 0 bridgehead atoms. The van der Waals surface area contributed by atoms with Gasteiger partial charge in [0.05, 0.1) is 27.2 Å². The van der Waals surface area contributed by atoms with Crippen LogP contribution in [0, 0.1) is 0 Å². The standard InChI is InChI=1S/C15H29ClNO2/c1-5-6-7-8-9-12-19-15(18)13-17(3,4)11-10-14(2)16/h10H,5-9,11-13H2,1-4H3/q+1.